The van der Waals surface area contributed by atoms with Gasteiger partial charge in [-0.05, 0) is 11.6 Å². The van der Waals surface area contributed by atoms with Crippen LogP contribution < -0.4 is 0 Å². The van der Waals surface area contributed by atoms with E-state index in [-0.39, 0.29) is 5.57 Å². The molecule has 72 valence electrons. The maximum absolute atomic E-state index is 12.7. The lowest BCUT2D eigenvalue weighted by Crippen LogP contribution is -2.16. The van der Waals surface area contributed by atoms with E-state index in [0.717, 1.165) is 0 Å². The van der Waals surface area contributed by atoms with Crippen LogP contribution in [0.25, 0.3) is 0 Å². The monoisotopic (exact) mass is 196 g/mol. The molecule has 0 bridgehead atoms. The molecule has 0 atom stereocenters. The Labute approximate surface area is 71.0 Å². The van der Waals surface area contributed by atoms with Gasteiger partial charge in [0.15, 0.2) is 0 Å². The standard InChI is InChI=1S/C8H5F5/c1-4-2-5(9)7(6(10)3-4)8(11,12)13/h2H,1,3H2. The van der Waals surface area contributed by atoms with Gasteiger partial charge in [0.25, 0.3) is 0 Å². The number of hydrogen-bond acceptors (Lipinski definition) is 0. The first kappa shape index (κ1) is 9.95. The Balaban J connectivity index is 3.16. The molecule has 0 amide bonds. The van der Waals surface area contributed by atoms with Crippen LogP contribution in [0.15, 0.2) is 35.5 Å². The number of halogens is 5. The van der Waals surface area contributed by atoms with Gasteiger partial charge in [-0.1, -0.05) is 6.58 Å². The maximum atomic E-state index is 12.7. The van der Waals surface area contributed by atoms with Crippen molar-refractivity contribution in [1.29, 1.82) is 0 Å². The Kier molecular flexibility index (Phi) is 2.28. The third-order valence-corrected chi connectivity index (χ3v) is 1.51. The van der Waals surface area contributed by atoms with Gasteiger partial charge in [-0.25, -0.2) is 8.78 Å². The van der Waals surface area contributed by atoms with Crippen molar-refractivity contribution in [1.82, 2.24) is 0 Å². The van der Waals surface area contributed by atoms with Crippen LogP contribution in [-0.4, -0.2) is 6.18 Å². The molecular formula is C8H5F5. The predicted molar refractivity (Wildman–Crippen MR) is 37.1 cm³/mol. The van der Waals surface area contributed by atoms with Crippen molar-refractivity contribution in [2.75, 3.05) is 0 Å². The average Bonchev–Trinajstić information content (AvgIpc) is 1.78. The fourth-order valence-electron chi connectivity index (χ4n) is 1.01. The Hall–Kier alpha value is -1.13. The van der Waals surface area contributed by atoms with Gasteiger partial charge in [0.1, 0.15) is 17.2 Å². The Morgan fingerprint density at radius 3 is 2.15 bits per heavy atom. The first-order chi connectivity index (χ1) is 5.82. The van der Waals surface area contributed by atoms with Crippen LogP contribution >= 0.6 is 0 Å². The second-order valence-corrected chi connectivity index (χ2v) is 2.60. The van der Waals surface area contributed by atoms with Gasteiger partial charge in [-0.15, -0.1) is 0 Å². The van der Waals surface area contributed by atoms with Crippen LogP contribution in [0.5, 0.6) is 0 Å². The lowest BCUT2D eigenvalue weighted by atomic mass is 10.0. The molecule has 0 aromatic heterocycles. The molecule has 0 aromatic rings. The summed E-state index contributed by atoms with van der Waals surface area (Å²) in [5, 5.41) is 0. The van der Waals surface area contributed by atoms with E-state index in [1.165, 1.54) is 0 Å². The van der Waals surface area contributed by atoms with Crippen LogP contribution in [-0.2, 0) is 0 Å². The topological polar surface area (TPSA) is 0 Å². The van der Waals surface area contributed by atoms with Crippen molar-refractivity contribution in [3.63, 3.8) is 0 Å². The largest absolute Gasteiger partial charge is 0.421 e. The van der Waals surface area contributed by atoms with Crippen LogP contribution in [0.1, 0.15) is 6.42 Å². The zero-order chi connectivity index (χ0) is 10.2. The summed E-state index contributed by atoms with van der Waals surface area (Å²) >= 11 is 0. The Bertz CT molecular complexity index is 305. The molecule has 0 radical (unpaired) electrons. The van der Waals surface area contributed by atoms with E-state index in [2.05, 4.69) is 6.58 Å². The average molecular weight is 196 g/mol. The molecule has 5 heteroatoms. The molecule has 0 aliphatic heterocycles. The molecule has 13 heavy (non-hydrogen) atoms. The molecule has 0 heterocycles. The van der Waals surface area contributed by atoms with Crippen LogP contribution in [0.4, 0.5) is 22.0 Å². The number of alkyl halides is 3. The summed E-state index contributed by atoms with van der Waals surface area (Å²) < 4.78 is 61.2. The molecule has 0 saturated carbocycles. The zero-order valence-corrected chi connectivity index (χ0v) is 6.38. The molecule has 0 nitrogen and oxygen atoms in total. The summed E-state index contributed by atoms with van der Waals surface area (Å²) in [6.07, 6.45) is -4.97. The first-order valence-corrected chi connectivity index (χ1v) is 3.33. The molecular weight excluding hydrogens is 191 g/mol. The van der Waals surface area contributed by atoms with Gasteiger partial charge in [-0.3, -0.25) is 0 Å². The summed E-state index contributed by atoms with van der Waals surface area (Å²) in [5.74, 6) is -3.13. The Morgan fingerprint density at radius 1 is 1.23 bits per heavy atom. The molecule has 0 fully saturated rings. The highest BCUT2D eigenvalue weighted by molar-refractivity contribution is 5.43. The highest BCUT2D eigenvalue weighted by Crippen LogP contribution is 2.39. The van der Waals surface area contributed by atoms with Crippen molar-refractivity contribution in [3.8, 4) is 0 Å². The number of rotatable bonds is 0. The van der Waals surface area contributed by atoms with E-state index < -0.39 is 29.8 Å². The summed E-state index contributed by atoms with van der Waals surface area (Å²) in [6, 6.07) is 0. The molecule has 1 aliphatic carbocycles. The molecule has 0 unspecified atom stereocenters. The third-order valence-electron chi connectivity index (χ3n) is 1.51. The lowest BCUT2D eigenvalue weighted by Gasteiger charge is -2.15. The van der Waals surface area contributed by atoms with Crippen molar-refractivity contribution in [3.05, 3.63) is 35.5 Å². The number of allylic oxidation sites excluding steroid dienone is 5. The molecule has 0 saturated heterocycles. The van der Waals surface area contributed by atoms with E-state index in [1.807, 2.05) is 0 Å². The molecule has 0 aromatic carbocycles. The first-order valence-electron chi connectivity index (χ1n) is 3.33. The van der Waals surface area contributed by atoms with Crippen molar-refractivity contribution >= 4 is 0 Å². The van der Waals surface area contributed by atoms with E-state index in [0.29, 0.717) is 6.08 Å². The second-order valence-electron chi connectivity index (χ2n) is 2.60. The van der Waals surface area contributed by atoms with Crippen molar-refractivity contribution in [2.24, 2.45) is 0 Å². The minimum Gasteiger partial charge on any atom is -0.211 e. The summed E-state index contributed by atoms with van der Waals surface area (Å²) in [7, 11) is 0. The van der Waals surface area contributed by atoms with Gasteiger partial charge < -0.3 is 0 Å². The Morgan fingerprint density at radius 2 is 1.77 bits per heavy atom. The highest BCUT2D eigenvalue weighted by atomic mass is 19.4. The van der Waals surface area contributed by atoms with Crippen LogP contribution in [0, 0.1) is 0 Å². The van der Waals surface area contributed by atoms with Crippen LogP contribution in [0.2, 0.25) is 0 Å². The zero-order valence-electron chi connectivity index (χ0n) is 6.38. The van der Waals surface area contributed by atoms with E-state index in [1.54, 1.807) is 0 Å². The lowest BCUT2D eigenvalue weighted by molar-refractivity contribution is -0.0932. The van der Waals surface area contributed by atoms with Gasteiger partial charge in [0.05, 0.1) is 0 Å². The van der Waals surface area contributed by atoms with Gasteiger partial charge in [-0.2, -0.15) is 13.2 Å². The fourth-order valence-corrected chi connectivity index (χ4v) is 1.01. The number of hydrogen-bond donors (Lipinski definition) is 0. The van der Waals surface area contributed by atoms with Gasteiger partial charge in [0.2, 0.25) is 0 Å². The maximum Gasteiger partial charge on any atom is 0.421 e. The second kappa shape index (κ2) is 2.97. The van der Waals surface area contributed by atoms with Gasteiger partial charge >= 0.3 is 6.18 Å². The van der Waals surface area contributed by atoms with Crippen molar-refractivity contribution in [2.45, 2.75) is 12.6 Å². The summed E-state index contributed by atoms with van der Waals surface area (Å²) in [6.45, 7) is 3.17. The normalized spacial score (nSPS) is 19.2. The minimum atomic E-state index is -4.98. The van der Waals surface area contributed by atoms with E-state index in [9.17, 15) is 22.0 Å². The van der Waals surface area contributed by atoms with Gasteiger partial charge in [0, 0.05) is 6.42 Å². The molecule has 0 N–H and O–H groups in total. The summed E-state index contributed by atoms with van der Waals surface area (Å²) in [5.41, 5.74) is -1.83. The highest BCUT2D eigenvalue weighted by Gasteiger charge is 2.41. The van der Waals surface area contributed by atoms with E-state index >= 15 is 0 Å². The quantitative estimate of drug-likeness (QED) is 0.519. The van der Waals surface area contributed by atoms with E-state index in [4.69, 9.17) is 0 Å². The smallest absolute Gasteiger partial charge is 0.211 e. The third kappa shape index (κ3) is 1.96. The van der Waals surface area contributed by atoms with Crippen molar-refractivity contribution < 1.29 is 22.0 Å². The molecule has 0 spiro atoms. The fraction of sp³-hybridized carbons (Fsp3) is 0.250. The minimum absolute atomic E-state index is 0.0111. The predicted octanol–water partition coefficient (Wildman–Crippen LogP) is 3.59. The molecule has 1 rings (SSSR count). The molecule has 1 aliphatic rings. The SMILES string of the molecule is C=C1C=C(F)C(C(F)(F)F)=C(F)C1. The summed E-state index contributed by atoms with van der Waals surface area (Å²) in [4.78, 5) is 0. The van der Waals surface area contributed by atoms with Crippen LogP contribution in [0.3, 0.4) is 0 Å².